The molecular weight excluding hydrogens is 370 g/mol. The lowest BCUT2D eigenvalue weighted by Gasteiger charge is -2.15. The summed E-state index contributed by atoms with van der Waals surface area (Å²) in [7, 11) is 0. The first-order valence-corrected chi connectivity index (χ1v) is 9.85. The highest BCUT2D eigenvalue weighted by Crippen LogP contribution is 2.13. The fourth-order valence-electron chi connectivity index (χ4n) is 2.79. The van der Waals surface area contributed by atoms with Gasteiger partial charge in [-0.1, -0.05) is 57.0 Å². The molecule has 0 fully saturated rings. The Bertz CT molecular complexity index is 830. The fourth-order valence-corrected chi connectivity index (χ4v) is 2.79. The summed E-state index contributed by atoms with van der Waals surface area (Å²) in [5.41, 5.74) is 0.925. The van der Waals surface area contributed by atoms with E-state index in [0.717, 1.165) is 24.8 Å². The van der Waals surface area contributed by atoms with Crippen molar-refractivity contribution in [2.24, 2.45) is 5.92 Å². The lowest BCUT2D eigenvalue weighted by atomic mass is 10.0. The number of aryl methyl sites for hydroxylation is 1. The number of rotatable bonds is 10. The number of carbonyl (C=O) groups is 2. The van der Waals surface area contributed by atoms with Gasteiger partial charge in [0.05, 0.1) is 0 Å². The number of hydrogen-bond acceptors (Lipinski definition) is 6. The van der Waals surface area contributed by atoms with E-state index in [1.54, 1.807) is 13.0 Å². The molecule has 8 heteroatoms. The quantitative estimate of drug-likeness (QED) is 0.487. The van der Waals surface area contributed by atoms with E-state index in [-0.39, 0.29) is 24.3 Å². The minimum Gasteiger partial charge on any atom is -0.451 e. The van der Waals surface area contributed by atoms with Crippen LogP contribution in [-0.2, 0) is 14.3 Å². The first kappa shape index (κ1) is 22.3. The molecule has 1 heterocycles. The molecule has 0 aliphatic carbocycles. The highest BCUT2D eigenvalue weighted by Gasteiger charge is 2.19. The summed E-state index contributed by atoms with van der Waals surface area (Å²) in [6, 6.07) is 9.31. The topological polar surface area (TPSA) is 99.0 Å². The third-order valence-electron chi connectivity index (χ3n) is 4.33. The summed E-state index contributed by atoms with van der Waals surface area (Å²) in [4.78, 5) is 24.8. The molecule has 0 radical (unpaired) electrons. The number of tetrazole rings is 1. The minimum atomic E-state index is -0.674. The largest absolute Gasteiger partial charge is 0.451 e. The van der Waals surface area contributed by atoms with E-state index in [4.69, 9.17) is 4.74 Å². The molecule has 1 unspecified atom stereocenters. The van der Waals surface area contributed by atoms with Crippen molar-refractivity contribution < 1.29 is 14.3 Å². The monoisotopic (exact) mass is 399 g/mol. The van der Waals surface area contributed by atoms with Gasteiger partial charge in [0.1, 0.15) is 0 Å². The summed E-state index contributed by atoms with van der Waals surface area (Å²) in [6.07, 6.45) is 4.68. The van der Waals surface area contributed by atoms with E-state index in [0.29, 0.717) is 11.7 Å². The van der Waals surface area contributed by atoms with E-state index >= 15 is 0 Å². The van der Waals surface area contributed by atoms with Crippen LogP contribution in [-0.4, -0.2) is 44.7 Å². The first-order valence-electron chi connectivity index (χ1n) is 9.85. The van der Waals surface area contributed by atoms with Gasteiger partial charge in [-0.05, 0) is 48.3 Å². The van der Waals surface area contributed by atoms with Crippen LogP contribution in [0.1, 0.15) is 51.4 Å². The molecule has 0 aliphatic heterocycles. The summed E-state index contributed by atoms with van der Waals surface area (Å²) >= 11 is 0. The van der Waals surface area contributed by atoms with Crippen LogP contribution in [0.4, 0.5) is 0 Å². The summed E-state index contributed by atoms with van der Waals surface area (Å²) < 4.78 is 6.52. The van der Waals surface area contributed by atoms with Crippen LogP contribution < -0.4 is 5.32 Å². The maximum atomic E-state index is 12.6. The molecular formula is C21H29N5O3. The third-order valence-corrected chi connectivity index (χ3v) is 4.33. The second-order valence-electron chi connectivity index (χ2n) is 7.45. The van der Waals surface area contributed by atoms with Crippen molar-refractivity contribution in [1.82, 2.24) is 25.5 Å². The van der Waals surface area contributed by atoms with Gasteiger partial charge in [0.15, 0.2) is 18.1 Å². The van der Waals surface area contributed by atoms with Crippen molar-refractivity contribution in [3.05, 3.63) is 41.7 Å². The van der Waals surface area contributed by atoms with E-state index in [2.05, 4.69) is 34.7 Å². The molecule has 1 aromatic carbocycles. The Kier molecular flexibility index (Phi) is 8.51. The van der Waals surface area contributed by atoms with Crippen molar-refractivity contribution >= 4 is 23.6 Å². The molecule has 156 valence electrons. The van der Waals surface area contributed by atoms with Crippen LogP contribution in [0.2, 0.25) is 0 Å². The Hall–Kier alpha value is -3.03. The van der Waals surface area contributed by atoms with Gasteiger partial charge in [0.25, 0.3) is 5.91 Å². The Morgan fingerprint density at radius 3 is 2.52 bits per heavy atom. The average Bonchev–Trinajstić information content (AvgIpc) is 3.10. The van der Waals surface area contributed by atoms with E-state index < -0.39 is 5.97 Å². The Labute approximate surface area is 171 Å². The van der Waals surface area contributed by atoms with Crippen molar-refractivity contribution in [2.75, 3.05) is 6.61 Å². The maximum absolute atomic E-state index is 12.6. The second kappa shape index (κ2) is 11.1. The van der Waals surface area contributed by atoms with Gasteiger partial charge in [-0.3, -0.25) is 4.79 Å². The molecule has 0 saturated heterocycles. The van der Waals surface area contributed by atoms with Gasteiger partial charge in [-0.25, -0.2) is 4.79 Å². The smallest absolute Gasteiger partial charge is 0.357 e. The molecule has 1 N–H and O–H groups in total. The summed E-state index contributed by atoms with van der Waals surface area (Å²) in [5, 5.41) is 14.1. The van der Waals surface area contributed by atoms with Gasteiger partial charge in [0.2, 0.25) is 0 Å². The van der Waals surface area contributed by atoms with E-state index in [1.807, 2.05) is 37.3 Å². The molecule has 0 bridgehead atoms. The Balaban J connectivity index is 1.97. The third kappa shape index (κ3) is 7.48. The number of aromatic nitrogens is 4. The number of nitrogens with one attached hydrogen (secondary N) is 1. The molecule has 29 heavy (non-hydrogen) atoms. The van der Waals surface area contributed by atoms with Gasteiger partial charge in [-0.2, -0.15) is 4.68 Å². The molecule has 2 aromatic rings. The Morgan fingerprint density at radius 2 is 1.90 bits per heavy atom. The predicted octanol–water partition coefficient (Wildman–Crippen LogP) is 2.85. The van der Waals surface area contributed by atoms with Crippen LogP contribution in [0.25, 0.3) is 11.8 Å². The lowest BCUT2D eigenvalue weighted by molar-refractivity contribution is -0.143. The molecule has 0 saturated carbocycles. The molecule has 0 aliphatic rings. The summed E-state index contributed by atoms with van der Waals surface area (Å²) in [6.45, 7) is 7.62. The SMILES string of the molecule is Cc1nnnn1/C(=C\c1ccccc1)C(=O)OCC(=O)NC(C)CCCC(C)C. The van der Waals surface area contributed by atoms with Crippen LogP contribution >= 0.6 is 0 Å². The van der Waals surface area contributed by atoms with Crippen molar-refractivity contribution in [3.63, 3.8) is 0 Å². The molecule has 0 spiro atoms. The highest BCUT2D eigenvalue weighted by atomic mass is 16.5. The van der Waals surface area contributed by atoms with Crippen molar-refractivity contribution in [2.45, 2.75) is 53.0 Å². The van der Waals surface area contributed by atoms with Gasteiger partial charge in [0, 0.05) is 6.04 Å². The highest BCUT2D eigenvalue weighted by molar-refractivity contribution is 6.15. The number of amides is 1. The van der Waals surface area contributed by atoms with Crippen LogP contribution in [0, 0.1) is 12.8 Å². The van der Waals surface area contributed by atoms with Crippen LogP contribution in [0.3, 0.4) is 0 Å². The zero-order valence-electron chi connectivity index (χ0n) is 17.5. The predicted molar refractivity (Wildman–Crippen MR) is 110 cm³/mol. The molecule has 1 amide bonds. The van der Waals surface area contributed by atoms with Crippen molar-refractivity contribution in [1.29, 1.82) is 0 Å². The second-order valence-corrected chi connectivity index (χ2v) is 7.45. The van der Waals surface area contributed by atoms with Gasteiger partial charge >= 0.3 is 5.97 Å². The minimum absolute atomic E-state index is 0.0287. The van der Waals surface area contributed by atoms with E-state index in [9.17, 15) is 9.59 Å². The van der Waals surface area contributed by atoms with E-state index in [1.165, 1.54) is 4.68 Å². The standard InChI is InChI=1S/C21H29N5O3/c1-15(2)9-8-10-16(3)22-20(27)14-29-21(28)19(26-17(4)23-24-25-26)13-18-11-6-5-7-12-18/h5-7,11-13,15-16H,8-10,14H2,1-4H3,(H,22,27)/b19-13-. The van der Waals surface area contributed by atoms with Crippen molar-refractivity contribution in [3.8, 4) is 0 Å². The molecule has 1 atom stereocenters. The number of hydrogen-bond donors (Lipinski definition) is 1. The molecule has 2 rings (SSSR count). The van der Waals surface area contributed by atoms with Gasteiger partial charge in [-0.15, -0.1) is 5.10 Å². The average molecular weight is 399 g/mol. The maximum Gasteiger partial charge on any atom is 0.357 e. The molecule has 8 nitrogen and oxygen atoms in total. The van der Waals surface area contributed by atoms with Crippen LogP contribution in [0.5, 0.6) is 0 Å². The zero-order valence-corrected chi connectivity index (χ0v) is 17.5. The summed E-state index contributed by atoms with van der Waals surface area (Å²) in [5.74, 6) is 0.0746. The number of benzene rings is 1. The fraction of sp³-hybridized carbons (Fsp3) is 0.476. The number of esters is 1. The zero-order chi connectivity index (χ0) is 21.2. The lowest BCUT2D eigenvalue weighted by Crippen LogP contribution is -2.36. The number of nitrogens with zero attached hydrogens (tertiary/aromatic N) is 4. The number of ether oxygens (including phenoxy) is 1. The Morgan fingerprint density at radius 1 is 1.17 bits per heavy atom. The normalized spacial score (nSPS) is 12.7. The molecule has 1 aromatic heterocycles. The van der Waals surface area contributed by atoms with Gasteiger partial charge < -0.3 is 10.1 Å². The van der Waals surface area contributed by atoms with Crippen LogP contribution in [0.15, 0.2) is 30.3 Å². The number of carbonyl (C=O) groups excluding carboxylic acids is 2. The first-order chi connectivity index (χ1) is 13.9.